The highest BCUT2D eigenvalue weighted by Gasteiger charge is 2.43. The van der Waals surface area contributed by atoms with Crippen molar-refractivity contribution in [1.29, 1.82) is 0 Å². The predicted octanol–water partition coefficient (Wildman–Crippen LogP) is 4.97. The van der Waals surface area contributed by atoms with Gasteiger partial charge in [-0.1, -0.05) is 12.1 Å². The van der Waals surface area contributed by atoms with Crippen LogP contribution in [0.25, 0.3) is 5.69 Å². The van der Waals surface area contributed by atoms with Gasteiger partial charge < -0.3 is 24.3 Å². The molecule has 0 spiro atoms. The Bertz CT molecular complexity index is 1420. The van der Waals surface area contributed by atoms with Gasteiger partial charge in [0.15, 0.2) is 5.11 Å². The van der Waals surface area contributed by atoms with E-state index in [0.717, 1.165) is 17.1 Å². The van der Waals surface area contributed by atoms with Crippen LogP contribution in [-0.2, 0) is 0 Å². The van der Waals surface area contributed by atoms with E-state index in [9.17, 15) is 10.1 Å². The number of nitrogens with one attached hydrogen (secondary N) is 1. The molecule has 2 aromatic heterocycles. The lowest BCUT2D eigenvalue weighted by Gasteiger charge is -2.30. The van der Waals surface area contributed by atoms with Crippen LogP contribution in [0.4, 0.5) is 11.4 Å². The number of rotatable bonds is 7. The first-order valence-corrected chi connectivity index (χ1v) is 11.6. The monoisotopic (exact) mass is 501 g/mol. The maximum Gasteiger partial charge on any atom is 0.271 e. The van der Waals surface area contributed by atoms with Crippen LogP contribution in [0.3, 0.4) is 0 Å². The number of nitrogens with zero attached hydrogens (tertiary/aromatic N) is 4. The second kappa shape index (κ2) is 9.67. The summed E-state index contributed by atoms with van der Waals surface area (Å²) in [6.07, 6.45) is 3.62. The number of nitro groups is 1. The summed E-state index contributed by atoms with van der Waals surface area (Å²) in [6.45, 7) is 0. The molecule has 3 heterocycles. The van der Waals surface area contributed by atoms with E-state index in [4.69, 9.17) is 21.7 Å². The summed E-state index contributed by atoms with van der Waals surface area (Å²) in [5.41, 5.74) is 3.08. The lowest BCUT2D eigenvalue weighted by Crippen LogP contribution is -2.30. The van der Waals surface area contributed by atoms with Crippen molar-refractivity contribution in [3.05, 3.63) is 107 Å². The zero-order valence-corrected chi connectivity index (χ0v) is 20.4. The van der Waals surface area contributed by atoms with Crippen molar-refractivity contribution in [2.45, 2.75) is 12.1 Å². The van der Waals surface area contributed by atoms with Gasteiger partial charge in [0.05, 0.1) is 42.3 Å². The van der Waals surface area contributed by atoms with Crippen LogP contribution in [0.15, 0.2) is 85.2 Å². The molecule has 1 aliphatic heterocycles. The first-order valence-electron chi connectivity index (χ1n) is 11.2. The van der Waals surface area contributed by atoms with Crippen molar-refractivity contribution in [2.75, 3.05) is 19.1 Å². The third-order valence-corrected chi connectivity index (χ3v) is 6.46. The van der Waals surface area contributed by atoms with Gasteiger partial charge in [0.2, 0.25) is 0 Å². The summed E-state index contributed by atoms with van der Waals surface area (Å²) < 4.78 is 13.1. The molecule has 0 unspecified atom stereocenters. The Morgan fingerprint density at radius 2 is 1.89 bits per heavy atom. The van der Waals surface area contributed by atoms with E-state index in [-0.39, 0.29) is 17.8 Å². The van der Waals surface area contributed by atoms with E-state index in [0.29, 0.717) is 22.3 Å². The minimum Gasteiger partial charge on any atom is -0.497 e. The quantitative estimate of drug-likeness (QED) is 0.215. The molecule has 182 valence electrons. The van der Waals surface area contributed by atoms with Crippen LogP contribution in [0.1, 0.15) is 23.5 Å². The Balaban J connectivity index is 1.70. The molecule has 2 aromatic carbocycles. The smallest absolute Gasteiger partial charge is 0.271 e. The number of hydrogen-bond donors (Lipinski definition) is 1. The molecule has 0 saturated carbocycles. The molecular weight excluding hydrogens is 478 g/mol. The van der Waals surface area contributed by atoms with Gasteiger partial charge in [-0.3, -0.25) is 15.1 Å². The molecule has 4 aromatic rings. The number of ether oxygens (including phenoxy) is 2. The summed E-state index contributed by atoms with van der Waals surface area (Å²) >= 11 is 5.84. The number of benzene rings is 2. The van der Waals surface area contributed by atoms with Gasteiger partial charge in [0, 0.05) is 36.3 Å². The third kappa shape index (κ3) is 4.11. The maximum absolute atomic E-state index is 11.4. The average molecular weight is 502 g/mol. The summed E-state index contributed by atoms with van der Waals surface area (Å²) in [4.78, 5) is 17.6. The molecule has 9 nitrogen and oxygen atoms in total. The Morgan fingerprint density at radius 1 is 1.03 bits per heavy atom. The van der Waals surface area contributed by atoms with Crippen molar-refractivity contribution in [2.24, 2.45) is 0 Å². The Kier molecular flexibility index (Phi) is 6.26. The topological polar surface area (TPSA) is 94.7 Å². The molecule has 1 saturated heterocycles. The number of methoxy groups -OCH3 is 2. The standard InChI is InChI=1S/C26H23N5O4S/c1-34-19-11-12-23(35-2)22(16-19)30-25(24(28-26(30)36)20-9-3-4-13-27-20)21-10-6-14-29(21)17-7-5-8-18(15-17)31(32)33/h3-16,24-25H,1-2H3,(H,28,36)/t24-,25-/m1/s1. The second-order valence-corrected chi connectivity index (χ2v) is 8.50. The van der Waals surface area contributed by atoms with Crippen LogP contribution < -0.4 is 19.7 Å². The molecular formula is C26H23N5O4S. The molecule has 10 heteroatoms. The normalized spacial score (nSPS) is 17.1. The van der Waals surface area contributed by atoms with Gasteiger partial charge in [0.25, 0.3) is 5.69 Å². The van der Waals surface area contributed by atoms with Crippen LogP contribution in [0.2, 0.25) is 0 Å². The zero-order valence-electron chi connectivity index (χ0n) is 19.6. The predicted molar refractivity (Wildman–Crippen MR) is 140 cm³/mol. The number of aromatic nitrogens is 2. The van der Waals surface area contributed by atoms with Crippen LogP contribution in [0.5, 0.6) is 11.5 Å². The average Bonchev–Trinajstić information content (AvgIpc) is 3.53. The molecule has 5 rings (SSSR count). The largest absolute Gasteiger partial charge is 0.497 e. The highest BCUT2D eigenvalue weighted by molar-refractivity contribution is 7.80. The number of anilines is 1. The number of non-ortho nitro benzene ring substituents is 1. The highest BCUT2D eigenvalue weighted by Crippen LogP contribution is 2.46. The first-order chi connectivity index (χ1) is 17.5. The summed E-state index contributed by atoms with van der Waals surface area (Å²) in [5.74, 6) is 1.28. The van der Waals surface area contributed by atoms with Crippen molar-refractivity contribution >= 4 is 28.7 Å². The fraction of sp³-hybridized carbons (Fsp3) is 0.154. The fourth-order valence-corrected chi connectivity index (χ4v) is 4.87. The van der Waals surface area contributed by atoms with Crippen LogP contribution in [-0.4, -0.2) is 33.8 Å². The minimum atomic E-state index is -0.400. The summed E-state index contributed by atoms with van der Waals surface area (Å²) in [7, 11) is 3.21. The van der Waals surface area contributed by atoms with Crippen molar-refractivity contribution < 1.29 is 14.4 Å². The maximum atomic E-state index is 11.4. The zero-order chi connectivity index (χ0) is 25.2. The number of pyridine rings is 1. The molecule has 2 atom stereocenters. The number of thiocarbonyl (C=S) groups is 1. The molecule has 0 amide bonds. The number of nitro benzene ring substituents is 1. The summed E-state index contributed by atoms with van der Waals surface area (Å²) in [6, 6.07) is 21.0. The Morgan fingerprint density at radius 3 is 2.61 bits per heavy atom. The lowest BCUT2D eigenvalue weighted by atomic mass is 10.0. The highest BCUT2D eigenvalue weighted by atomic mass is 32.1. The third-order valence-electron chi connectivity index (χ3n) is 6.15. The van der Waals surface area contributed by atoms with Gasteiger partial charge in [-0.25, -0.2) is 0 Å². The van der Waals surface area contributed by atoms with Gasteiger partial charge in [-0.2, -0.15) is 0 Å². The van der Waals surface area contributed by atoms with Crippen LogP contribution >= 0.6 is 12.2 Å². The van der Waals surface area contributed by atoms with E-state index >= 15 is 0 Å². The van der Waals surface area contributed by atoms with Crippen LogP contribution in [0, 0.1) is 10.1 Å². The van der Waals surface area contributed by atoms with Gasteiger partial charge in [0.1, 0.15) is 17.5 Å². The molecule has 1 aliphatic rings. The number of hydrogen-bond acceptors (Lipinski definition) is 6. The fourth-order valence-electron chi connectivity index (χ4n) is 4.53. The minimum absolute atomic E-state index is 0.0137. The Labute approximate surface area is 213 Å². The SMILES string of the molecule is COc1ccc(OC)c(N2C(=S)N[C@H](c3ccccn3)[C@H]2c2cccn2-c2cccc([N+](=O)[O-])c2)c1. The van der Waals surface area contributed by atoms with E-state index in [1.54, 1.807) is 32.5 Å². The van der Waals surface area contributed by atoms with Crippen molar-refractivity contribution in [3.63, 3.8) is 0 Å². The molecule has 1 fully saturated rings. The van der Waals surface area contributed by atoms with E-state index in [2.05, 4.69) is 10.3 Å². The molecule has 0 aliphatic carbocycles. The molecule has 0 radical (unpaired) electrons. The second-order valence-electron chi connectivity index (χ2n) is 8.11. The summed E-state index contributed by atoms with van der Waals surface area (Å²) in [5, 5.41) is 15.4. The molecule has 1 N–H and O–H groups in total. The molecule has 0 bridgehead atoms. The van der Waals surface area contributed by atoms with Gasteiger partial charge in [-0.05, 0) is 54.7 Å². The van der Waals surface area contributed by atoms with Gasteiger partial charge in [-0.15, -0.1) is 0 Å². The molecule has 36 heavy (non-hydrogen) atoms. The Hall–Kier alpha value is -4.44. The van der Waals surface area contributed by atoms with E-state index in [1.807, 2.05) is 70.3 Å². The van der Waals surface area contributed by atoms with E-state index in [1.165, 1.54) is 6.07 Å². The van der Waals surface area contributed by atoms with Crippen molar-refractivity contribution in [1.82, 2.24) is 14.9 Å². The first kappa shape index (κ1) is 23.3. The lowest BCUT2D eigenvalue weighted by molar-refractivity contribution is -0.384. The van der Waals surface area contributed by atoms with Crippen molar-refractivity contribution in [3.8, 4) is 17.2 Å². The van der Waals surface area contributed by atoms with Gasteiger partial charge >= 0.3 is 0 Å². The van der Waals surface area contributed by atoms with E-state index < -0.39 is 4.92 Å².